The number of carbonyl (C=O) groups excluding carboxylic acids is 1. The maximum absolute atomic E-state index is 13.5. The van der Waals surface area contributed by atoms with Gasteiger partial charge in [-0.1, -0.05) is 31.1 Å². The van der Waals surface area contributed by atoms with E-state index >= 15 is 0 Å². The third-order valence-corrected chi connectivity index (χ3v) is 5.32. The van der Waals surface area contributed by atoms with E-state index in [1.165, 1.54) is 23.5 Å². The Morgan fingerprint density at radius 3 is 2.63 bits per heavy atom. The molecule has 142 valence electrons. The van der Waals surface area contributed by atoms with E-state index in [4.69, 9.17) is 4.74 Å². The number of halogens is 1. The number of hydrogen-bond donors (Lipinski definition) is 0. The van der Waals surface area contributed by atoms with Gasteiger partial charge in [0.1, 0.15) is 11.6 Å². The summed E-state index contributed by atoms with van der Waals surface area (Å²) < 4.78 is 21.8. The molecule has 0 spiro atoms. The van der Waals surface area contributed by atoms with E-state index in [0.717, 1.165) is 35.2 Å². The van der Waals surface area contributed by atoms with Crippen molar-refractivity contribution in [3.63, 3.8) is 0 Å². The summed E-state index contributed by atoms with van der Waals surface area (Å²) in [6.45, 7) is 5.46. The Morgan fingerprint density at radius 2 is 1.93 bits per heavy atom. The first-order valence-corrected chi connectivity index (χ1v) is 10.0. The predicted molar refractivity (Wildman–Crippen MR) is 107 cm³/mol. The van der Waals surface area contributed by atoms with Gasteiger partial charge < -0.3 is 9.30 Å². The van der Waals surface area contributed by atoms with Gasteiger partial charge in [0.15, 0.2) is 4.80 Å². The standard InChI is InChI=1S/C21H23FN2O2S/c1-3-5-6-13-26-17-10-7-15(8-11-17)20(25)23-21-24(4-2)18-12-9-16(22)14-19(18)27-21/h7-12,14H,3-6,13H2,1-2H3. The minimum atomic E-state index is -0.318. The number of ether oxygens (including phenoxy) is 1. The summed E-state index contributed by atoms with van der Waals surface area (Å²) in [4.78, 5) is 17.4. The third kappa shape index (κ3) is 4.63. The van der Waals surface area contributed by atoms with Crippen molar-refractivity contribution in [2.45, 2.75) is 39.7 Å². The molecule has 6 heteroatoms. The first-order chi connectivity index (χ1) is 13.1. The number of hydrogen-bond acceptors (Lipinski definition) is 3. The van der Waals surface area contributed by atoms with Crippen LogP contribution < -0.4 is 9.54 Å². The van der Waals surface area contributed by atoms with E-state index in [-0.39, 0.29) is 11.7 Å². The van der Waals surface area contributed by atoms with Gasteiger partial charge in [-0.3, -0.25) is 4.79 Å². The number of carbonyl (C=O) groups is 1. The van der Waals surface area contributed by atoms with Crippen molar-refractivity contribution in [2.24, 2.45) is 4.99 Å². The summed E-state index contributed by atoms with van der Waals surface area (Å²) in [5, 5.41) is 0. The Labute approximate surface area is 161 Å². The van der Waals surface area contributed by atoms with E-state index in [2.05, 4.69) is 11.9 Å². The lowest BCUT2D eigenvalue weighted by molar-refractivity contribution is 0.0998. The smallest absolute Gasteiger partial charge is 0.279 e. The number of amides is 1. The van der Waals surface area contributed by atoms with Crippen LogP contribution in [0.2, 0.25) is 0 Å². The summed E-state index contributed by atoms with van der Waals surface area (Å²) in [7, 11) is 0. The van der Waals surface area contributed by atoms with Gasteiger partial charge in [-0.05, 0) is 55.8 Å². The SMILES string of the molecule is CCCCCOc1ccc(C(=O)N=c2sc3cc(F)ccc3n2CC)cc1. The molecule has 0 saturated heterocycles. The van der Waals surface area contributed by atoms with Crippen molar-refractivity contribution < 1.29 is 13.9 Å². The van der Waals surface area contributed by atoms with Crippen molar-refractivity contribution in [3.05, 3.63) is 58.6 Å². The summed E-state index contributed by atoms with van der Waals surface area (Å²) in [5.74, 6) is 0.143. The average molecular weight is 386 g/mol. The Hall–Kier alpha value is -2.47. The quantitative estimate of drug-likeness (QED) is 0.526. The molecule has 0 saturated carbocycles. The van der Waals surface area contributed by atoms with E-state index in [1.54, 1.807) is 30.3 Å². The minimum Gasteiger partial charge on any atom is -0.494 e. The fourth-order valence-electron chi connectivity index (χ4n) is 2.83. The molecule has 1 heterocycles. The molecular weight excluding hydrogens is 363 g/mol. The van der Waals surface area contributed by atoms with Gasteiger partial charge in [-0.15, -0.1) is 0 Å². The number of benzene rings is 2. The van der Waals surface area contributed by atoms with Crippen LogP contribution in [0.25, 0.3) is 10.2 Å². The highest BCUT2D eigenvalue weighted by Crippen LogP contribution is 2.19. The van der Waals surface area contributed by atoms with Crippen LogP contribution >= 0.6 is 11.3 Å². The van der Waals surface area contributed by atoms with Gasteiger partial charge in [0.2, 0.25) is 0 Å². The highest BCUT2D eigenvalue weighted by Gasteiger charge is 2.09. The first kappa shape index (κ1) is 19.3. The van der Waals surface area contributed by atoms with E-state index in [1.807, 2.05) is 11.5 Å². The van der Waals surface area contributed by atoms with Gasteiger partial charge >= 0.3 is 0 Å². The topological polar surface area (TPSA) is 43.6 Å². The molecule has 0 radical (unpaired) electrons. The Bertz CT molecular complexity index is 990. The number of nitrogens with zero attached hydrogens (tertiary/aromatic N) is 2. The zero-order valence-electron chi connectivity index (χ0n) is 15.6. The van der Waals surface area contributed by atoms with Gasteiger partial charge in [0.25, 0.3) is 5.91 Å². The fourth-order valence-corrected chi connectivity index (χ4v) is 3.94. The highest BCUT2D eigenvalue weighted by atomic mass is 32.1. The number of fused-ring (bicyclic) bond motifs is 1. The molecule has 0 N–H and O–H groups in total. The number of rotatable bonds is 7. The molecule has 0 fully saturated rings. The van der Waals surface area contributed by atoms with Crippen molar-refractivity contribution in [1.82, 2.24) is 4.57 Å². The number of aromatic nitrogens is 1. The van der Waals surface area contributed by atoms with Crippen LogP contribution in [0.3, 0.4) is 0 Å². The summed E-state index contributed by atoms with van der Waals surface area (Å²) in [5.41, 5.74) is 1.38. The molecule has 0 unspecified atom stereocenters. The molecule has 2 aromatic carbocycles. The van der Waals surface area contributed by atoms with E-state index < -0.39 is 0 Å². The highest BCUT2D eigenvalue weighted by molar-refractivity contribution is 7.16. The van der Waals surface area contributed by atoms with Gasteiger partial charge in [0, 0.05) is 12.1 Å². The van der Waals surface area contributed by atoms with Gasteiger partial charge in [0.05, 0.1) is 16.8 Å². The van der Waals surface area contributed by atoms with Crippen LogP contribution in [-0.4, -0.2) is 17.1 Å². The average Bonchev–Trinajstić information content (AvgIpc) is 3.01. The molecule has 1 aromatic heterocycles. The number of unbranched alkanes of at least 4 members (excludes halogenated alkanes) is 2. The summed E-state index contributed by atoms with van der Waals surface area (Å²) >= 11 is 1.32. The van der Waals surface area contributed by atoms with E-state index in [0.29, 0.717) is 23.5 Å². The molecule has 0 aliphatic rings. The number of aryl methyl sites for hydroxylation is 1. The second-order valence-electron chi connectivity index (χ2n) is 6.24. The van der Waals surface area contributed by atoms with Crippen molar-refractivity contribution in [3.8, 4) is 5.75 Å². The zero-order valence-corrected chi connectivity index (χ0v) is 16.4. The molecule has 0 aliphatic carbocycles. The third-order valence-electron chi connectivity index (χ3n) is 4.28. The summed E-state index contributed by atoms with van der Waals surface area (Å²) in [6.07, 6.45) is 3.32. The van der Waals surface area contributed by atoms with E-state index in [9.17, 15) is 9.18 Å². The molecule has 0 atom stereocenters. The molecule has 0 aliphatic heterocycles. The maximum atomic E-state index is 13.5. The Morgan fingerprint density at radius 1 is 1.15 bits per heavy atom. The van der Waals surface area contributed by atoms with Crippen LogP contribution in [0.1, 0.15) is 43.5 Å². The predicted octanol–water partition coefficient (Wildman–Crippen LogP) is 5.17. The van der Waals surface area contributed by atoms with Crippen LogP contribution in [0.4, 0.5) is 4.39 Å². The van der Waals surface area contributed by atoms with Crippen molar-refractivity contribution in [1.29, 1.82) is 0 Å². The molecule has 27 heavy (non-hydrogen) atoms. The fraction of sp³-hybridized carbons (Fsp3) is 0.333. The minimum absolute atomic E-state index is 0.292. The maximum Gasteiger partial charge on any atom is 0.279 e. The normalized spacial score (nSPS) is 11.9. The van der Waals surface area contributed by atoms with Crippen LogP contribution in [-0.2, 0) is 6.54 Å². The van der Waals surface area contributed by atoms with Gasteiger partial charge in [-0.2, -0.15) is 4.99 Å². The van der Waals surface area contributed by atoms with Crippen molar-refractivity contribution in [2.75, 3.05) is 6.61 Å². The molecule has 4 nitrogen and oxygen atoms in total. The lowest BCUT2D eigenvalue weighted by atomic mass is 10.2. The molecule has 3 aromatic rings. The Balaban J connectivity index is 1.81. The largest absolute Gasteiger partial charge is 0.494 e. The Kier molecular flexibility index (Phi) is 6.40. The first-order valence-electron chi connectivity index (χ1n) is 9.23. The lowest BCUT2D eigenvalue weighted by Gasteiger charge is -2.05. The second kappa shape index (κ2) is 8.95. The second-order valence-corrected chi connectivity index (χ2v) is 7.25. The van der Waals surface area contributed by atoms with Crippen LogP contribution in [0, 0.1) is 5.82 Å². The van der Waals surface area contributed by atoms with Crippen molar-refractivity contribution >= 4 is 27.5 Å². The molecule has 0 bridgehead atoms. The van der Waals surface area contributed by atoms with Gasteiger partial charge in [-0.25, -0.2) is 4.39 Å². The van der Waals surface area contributed by atoms with Crippen LogP contribution in [0.15, 0.2) is 47.5 Å². The molecular formula is C21H23FN2O2S. The zero-order chi connectivity index (χ0) is 19.2. The summed E-state index contributed by atoms with van der Waals surface area (Å²) in [6, 6.07) is 11.7. The van der Waals surface area contributed by atoms with Crippen LogP contribution in [0.5, 0.6) is 5.75 Å². The molecule has 3 rings (SSSR count). The lowest BCUT2D eigenvalue weighted by Crippen LogP contribution is -2.15. The number of thiazole rings is 1. The molecule has 1 amide bonds. The monoisotopic (exact) mass is 386 g/mol.